The zero-order valence-electron chi connectivity index (χ0n) is 6.47. The van der Waals surface area contributed by atoms with Crippen molar-refractivity contribution in [1.29, 1.82) is 0 Å². The quantitative estimate of drug-likeness (QED) is 0.500. The first-order chi connectivity index (χ1) is 4.77. The van der Waals surface area contributed by atoms with Gasteiger partial charge in [-0.25, -0.2) is 0 Å². The minimum absolute atomic E-state index is 0.481. The second kappa shape index (κ2) is 2.08. The van der Waals surface area contributed by atoms with Crippen molar-refractivity contribution in [3.63, 3.8) is 0 Å². The molecular formula is C9H14O. The van der Waals surface area contributed by atoms with Crippen LogP contribution in [0.1, 0.15) is 32.6 Å². The van der Waals surface area contributed by atoms with Gasteiger partial charge in [-0.2, -0.15) is 0 Å². The molecule has 0 aliphatic heterocycles. The van der Waals surface area contributed by atoms with Crippen LogP contribution in [0.5, 0.6) is 0 Å². The molecule has 0 aromatic rings. The third-order valence-electron chi connectivity index (χ3n) is 3.11. The van der Waals surface area contributed by atoms with Gasteiger partial charge in [0, 0.05) is 12.3 Å². The average Bonchev–Trinajstić information content (AvgIpc) is 2.35. The highest BCUT2D eigenvalue weighted by atomic mass is 16.1. The van der Waals surface area contributed by atoms with Gasteiger partial charge in [0.15, 0.2) is 0 Å². The molecular weight excluding hydrogens is 124 g/mol. The van der Waals surface area contributed by atoms with Gasteiger partial charge in [-0.05, 0) is 31.1 Å². The summed E-state index contributed by atoms with van der Waals surface area (Å²) < 4.78 is 0. The zero-order chi connectivity index (χ0) is 7.14. The van der Waals surface area contributed by atoms with Gasteiger partial charge in [0.1, 0.15) is 5.78 Å². The van der Waals surface area contributed by atoms with Crippen LogP contribution in [0.4, 0.5) is 0 Å². The molecule has 2 unspecified atom stereocenters. The van der Waals surface area contributed by atoms with E-state index < -0.39 is 0 Å². The molecule has 0 bridgehead atoms. The summed E-state index contributed by atoms with van der Waals surface area (Å²) in [5.74, 6) is 2.63. The second-order valence-electron chi connectivity index (χ2n) is 3.95. The first-order valence-corrected chi connectivity index (χ1v) is 4.30. The molecule has 0 radical (unpaired) electrons. The zero-order valence-corrected chi connectivity index (χ0v) is 6.47. The summed E-state index contributed by atoms with van der Waals surface area (Å²) in [5.41, 5.74) is 0. The Bertz CT molecular complexity index is 162. The van der Waals surface area contributed by atoms with E-state index in [1.807, 2.05) is 0 Å². The van der Waals surface area contributed by atoms with Crippen molar-refractivity contribution >= 4 is 5.78 Å². The van der Waals surface area contributed by atoms with Gasteiger partial charge in [-0.1, -0.05) is 6.92 Å². The number of fused-ring (bicyclic) bond motifs is 1. The van der Waals surface area contributed by atoms with Crippen molar-refractivity contribution in [2.75, 3.05) is 0 Å². The largest absolute Gasteiger partial charge is 0.299 e. The van der Waals surface area contributed by atoms with E-state index in [0.29, 0.717) is 11.7 Å². The van der Waals surface area contributed by atoms with Gasteiger partial charge in [-0.15, -0.1) is 0 Å². The number of carbonyl (C=O) groups is 1. The van der Waals surface area contributed by atoms with E-state index >= 15 is 0 Å². The number of Topliss-reactive ketones (excluding diaryl/α,β-unsaturated/α-hetero) is 1. The topological polar surface area (TPSA) is 17.1 Å². The van der Waals surface area contributed by atoms with Gasteiger partial charge in [0.25, 0.3) is 0 Å². The lowest BCUT2D eigenvalue weighted by Crippen LogP contribution is -2.07. The third kappa shape index (κ3) is 0.799. The molecule has 0 saturated heterocycles. The molecule has 0 amide bonds. The lowest BCUT2D eigenvalue weighted by molar-refractivity contribution is -0.120. The van der Waals surface area contributed by atoms with Crippen molar-refractivity contribution in [3.05, 3.63) is 0 Å². The molecule has 3 atom stereocenters. The van der Waals surface area contributed by atoms with E-state index in [9.17, 15) is 4.79 Å². The van der Waals surface area contributed by atoms with Gasteiger partial charge >= 0.3 is 0 Å². The number of hydrogen-bond donors (Lipinski definition) is 0. The molecule has 2 aliphatic carbocycles. The van der Waals surface area contributed by atoms with E-state index in [4.69, 9.17) is 0 Å². The maximum atomic E-state index is 11.2. The molecule has 1 nitrogen and oxygen atoms in total. The van der Waals surface area contributed by atoms with E-state index in [0.717, 1.165) is 18.3 Å². The van der Waals surface area contributed by atoms with E-state index in [1.165, 1.54) is 19.3 Å². The maximum Gasteiger partial charge on any atom is 0.136 e. The number of carbonyl (C=O) groups excluding carboxylic acids is 1. The monoisotopic (exact) mass is 138 g/mol. The van der Waals surface area contributed by atoms with Crippen LogP contribution in [0.2, 0.25) is 0 Å². The normalized spacial score (nSPS) is 46.1. The van der Waals surface area contributed by atoms with E-state index in [-0.39, 0.29) is 0 Å². The van der Waals surface area contributed by atoms with Crippen molar-refractivity contribution in [2.45, 2.75) is 32.6 Å². The van der Waals surface area contributed by atoms with Crippen LogP contribution in [0.3, 0.4) is 0 Å². The second-order valence-corrected chi connectivity index (χ2v) is 3.95. The van der Waals surface area contributed by atoms with Crippen LogP contribution >= 0.6 is 0 Å². The van der Waals surface area contributed by atoms with Crippen LogP contribution in [-0.2, 0) is 4.79 Å². The highest BCUT2D eigenvalue weighted by Gasteiger charge is 2.40. The SMILES string of the molecule is C[C@H]1CC2CCC(=O)C2C1. The molecule has 0 spiro atoms. The lowest BCUT2D eigenvalue weighted by Gasteiger charge is -2.03. The Kier molecular flexibility index (Phi) is 1.33. The summed E-state index contributed by atoms with van der Waals surface area (Å²) in [6, 6.07) is 0. The Morgan fingerprint density at radius 3 is 2.90 bits per heavy atom. The minimum atomic E-state index is 0.481. The Morgan fingerprint density at radius 2 is 2.20 bits per heavy atom. The third-order valence-corrected chi connectivity index (χ3v) is 3.11. The molecule has 1 heteroatoms. The highest BCUT2D eigenvalue weighted by molar-refractivity contribution is 5.83. The molecule has 0 aromatic heterocycles. The molecule has 10 heavy (non-hydrogen) atoms. The summed E-state index contributed by atoms with van der Waals surface area (Å²) in [5, 5.41) is 0. The lowest BCUT2D eigenvalue weighted by atomic mass is 10.0. The van der Waals surface area contributed by atoms with Gasteiger partial charge in [-0.3, -0.25) is 4.79 Å². The Labute approximate surface area is 61.8 Å². The van der Waals surface area contributed by atoms with Crippen LogP contribution in [0.25, 0.3) is 0 Å². The smallest absolute Gasteiger partial charge is 0.136 e. The maximum absolute atomic E-state index is 11.2. The molecule has 2 saturated carbocycles. The fourth-order valence-electron chi connectivity index (χ4n) is 2.63. The molecule has 0 aromatic carbocycles. The van der Waals surface area contributed by atoms with E-state index in [1.54, 1.807) is 0 Å². The van der Waals surface area contributed by atoms with Gasteiger partial charge < -0.3 is 0 Å². The number of hydrogen-bond acceptors (Lipinski definition) is 1. The predicted molar refractivity (Wildman–Crippen MR) is 39.6 cm³/mol. The minimum Gasteiger partial charge on any atom is -0.299 e. The van der Waals surface area contributed by atoms with Crippen LogP contribution in [-0.4, -0.2) is 5.78 Å². The van der Waals surface area contributed by atoms with E-state index in [2.05, 4.69) is 6.92 Å². The summed E-state index contributed by atoms with van der Waals surface area (Å²) in [7, 11) is 0. The first kappa shape index (κ1) is 6.38. The average molecular weight is 138 g/mol. The van der Waals surface area contributed by atoms with Gasteiger partial charge in [0.2, 0.25) is 0 Å². The fraction of sp³-hybridized carbons (Fsp3) is 0.889. The molecule has 56 valence electrons. The highest BCUT2D eigenvalue weighted by Crippen LogP contribution is 2.44. The Balaban J connectivity index is 2.12. The van der Waals surface area contributed by atoms with Crippen molar-refractivity contribution in [3.8, 4) is 0 Å². The molecule has 0 N–H and O–H groups in total. The van der Waals surface area contributed by atoms with Gasteiger partial charge in [0.05, 0.1) is 0 Å². The van der Waals surface area contributed by atoms with Crippen molar-refractivity contribution < 1.29 is 4.79 Å². The molecule has 0 heterocycles. The summed E-state index contributed by atoms with van der Waals surface area (Å²) in [6.45, 7) is 2.27. The Hall–Kier alpha value is -0.330. The fourth-order valence-corrected chi connectivity index (χ4v) is 2.63. The predicted octanol–water partition coefficient (Wildman–Crippen LogP) is 2.01. The van der Waals surface area contributed by atoms with Crippen LogP contribution < -0.4 is 0 Å². The first-order valence-electron chi connectivity index (χ1n) is 4.30. The molecule has 2 aliphatic rings. The number of rotatable bonds is 0. The standard InChI is InChI=1S/C9H14O/c1-6-4-7-2-3-9(10)8(7)5-6/h6-8H,2-5H2,1H3/t6-,7?,8?/m0/s1. The Morgan fingerprint density at radius 1 is 1.40 bits per heavy atom. The van der Waals surface area contributed by atoms with Crippen molar-refractivity contribution in [1.82, 2.24) is 0 Å². The number of ketones is 1. The van der Waals surface area contributed by atoms with Crippen molar-refractivity contribution in [2.24, 2.45) is 17.8 Å². The summed E-state index contributed by atoms with van der Waals surface area (Å²) >= 11 is 0. The summed E-state index contributed by atoms with van der Waals surface area (Å²) in [6.07, 6.45) is 4.57. The molecule has 2 rings (SSSR count). The van der Waals surface area contributed by atoms with Crippen LogP contribution in [0, 0.1) is 17.8 Å². The molecule has 2 fully saturated rings. The van der Waals surface area contributed by atoms with Crippen LogP contribution in [0.15, 0.2) is 0 Å². The summed E-state index contributed by atoms with van der Waals surface area (Å²) in [4.78, 5) is 11.2.